The number of furan rings is 1. The van der Waals surface area contributed by atoms with E-state index in [-0.39, 0.29) is 0 Å². The third-order valence-corrected chi connectivity index (χ3v) is 2.32. The van der Waals surface area contributed by atoms with Crippen LogP contribution in [0.5, 0.6) is 0 Å². The topological polar surface area (TPSA) is 52.0 Å². The van der Waals surface area contributed by atoms with Crippen LogP contribution in [-0.2, 0) is 0 Å². The van der Waals surface area contributed by atoms with Gasteiger partial charge in [0.25, 0.3) is 0 Å². The predicted octanol–water partition coefficient (Wildman–Crippen LogP) is 2.69. The average Bonchev–Trinajstić information content (AvgIpc) is 2.62. The molecule has 2 N–H and O–H groups in total. The predicted molar refractivity (Wildman–Crippen MR) is 54.1 cm³/mol. The van der Waals surface area contributed by atoms with Crippen molar-refractivity contribution in [3.8, 4) is 11.5 Å². The van der Waals surface area contributed by atoms with Crippen molar-refractivity contribution in [3.05, 3.63) is 35.1 Å². The highest BCUT2D eigenvalue weighted by Crippen LogP contribution is 2.24. The molecule has 2 rings (SSSR count). The van der Waals surface area contributed by atoms with Crippen molar-refractivity contribution in [1.82, 2.24) is 4.98 Å². The van der Waals surface area contributed by atoms with Gasteiger partial charge < -0.3 is 10.2 Å². The fourth-order valence-corrected chi connectivity index (χ4v) is 1.23. The summed E-state index contributed by atoms with van der Waals surface area (Å²) in [6.45, 7) is 0. The number of hydrogen-bond acceptors (Lipinski definition) is 3. The summed E-state index contributed by atoms with van der Waals surface area (Å²) < 4.78 is 5.98. The van der Waals surface area contributed by atoms with Gasteiger partial charge in [-0.3, -0.25) is 4.98 Å². The Balaban J connectivity index is 2.49. The molecule has 0 aliphatic carbocycles. The lowest BCUT2D eigenvalue weighted by atomic mass is 10.3. The van der Waals surface area contributed by atoms with Crippen LogP contribution in [0.4, 0.5) is 5.69 Å². The number of nitrogens with two attached hydrogens (primary N) is 1. The molecule has 66 valence electrons. The van der Waals surface area contributed by atoms with Gasteiger partial charge in [-0.05, 0) is 34.1 Å². The molecular weight excluding hydrogens is 232 g/mol. The van der Waals surface area contributed by atoms with Crippen LogP contribution in [0.3, 0.4) is 0 Å². The fourth-order valence-electron chi connectivity index (χ4n) is 1.01. The van der Waals surface area contributed by atoms with Gasteiger partial charge in [-0.1, -0.05) is 0 Å². The summed E-state index contributed by atoms with van der Waals surface area (Å²) in [5.74, 6) is 0.721. The molecule has 0 bridgehead atoms. The van der Waals surface area contributed by atoms with Gasteiger partial charge in [-0.15, -0.1) is 0 Å². The summed E-state index contributed by atoms with van der Waals surface area (Å²) in [5.41, 5.74) is 7.09. The molecule has 0 atom stereocenters. The van der Waals surface area contributed by atoms with Gasteiger partial charge in [0.15, 0.2) is 5.76 Å². The van der Waals surface area contributed by atoms with Crippen LogP contribution < -0.4 is 5.73 Å². The van der Waals surface area contributed by atoms with Crippen molar-refractivity contribution < 1.29 is 4.42 Å². The molecule has 3 nitrogen and oxygen atoms in total. The SMILES string of the molecule is Nc1cc(-c2ccco2)ncc1Br. The molecule has 0 amide bonds. The Morgan fingerprint density at radius 1 is 1.46 bits per heavy atom. The third kappa shape index (κ3) is 1.58. The van der Waals surface area contributed by atoms with E-state index in [2.05, 4.69) is 20.9 Å². The molecular formula is C9H7BrN2O. The minimum Gasteiger partial charge on any atom is -0.463 e. The molecule has 4 heteroatoms. The van der Waals surface area contributed by atoms with Gasteiger partial charge in [-0.25, -0.2) is 0 Å². The van der Waals surface area contributed by atoms with Crippen molar-refractivity contribution in [2.75, 3.05) is 5.73 Å². The van der Waals surface area contributed by atoms with Crippen LogP contribution in [0.25, 0.3) is 11.5 Å². The first kappa shape index (κ1) is 8.31. The van der Waals surface area contributed by atoms with Gasteiger partial charge in [-0.2, -0.15) is 0 Å². The Morgan fingerprint density at radius 2 is 2.31 bits per heavy atom. The normalized spacial score (nSPS) is 10.2. The molecule has 0 unspecified atom stereocenters. The van der Waals surface area contributed by atoms with Crippen LogP contribution in [0.15, 0.2) is 39.5 Å². The quantitative estimate of drug-likeness (QED) is 0.832. The van der Waals surface area contributed by atoms with E-state index in [0.29, 0.717) is 5.69 Å². The monoisotopic (exact) mass is 238 g/mol. The van der Waals surface area contributed by atoms with Gasteiger partial charge in [0.05, 0.1) is 10.7 Å². The smallest absolute Gasteiger partial charge is 0.152 e. The molecule has 0 spiro atoms. The Bertz CT molecular complexity index is 412. The number of rotatable bonds is 1. The largest absolute Gasteiger partial charge is 0.463 e. The molecule has 13 heavy (non-hydrogen) atoms. The standard InChI is InChI=1S/C9H7BrN2O/c10-6-5-12-8(4-7(6)11)9-2-1-3-13-9/h1-5H,(H2,11,12). The van der Waals surface area contributed by atoms with Gasteiger partial charge in [0.2, 0.25) is 0 Å². The van der Waals surface area contributed by atoms with Crippen molar-refractivity contribution in [3.63, 3.8) is 0 Å². The summed E-state index contributed by atoms with van der Waals surface area (Å²) in [7, 11) is 0. The second-order valence-corrected chi connectivity index (χ2v) is 3.42. The second-order valence-electron chi connectivity index (χ2n) is 2.57. The molecule has 0 aliphatic rings. The minimum atomic E-state index is 0.654. The first-order chi connectivity index (χ1) is 6.27. The number of nitrogen functional groups attached to an aromatic ring is 1. The Morgan fingerprint density at radius 3 is 2.92 bits per heavy atom. The first-order valence-electron chi connectivity index (χ1n) is 3.72. The van der Waals surface area contributed by atoms with E-state index in [1.165, 1.54) is 0 Å². The lowest BCUT2D eigenvalue weighted by Crippen LogP contribution is -1.89. The van der Waals surface area contributed by atoms with Crippen molar-refractivity contribution in [2.45, 2.75) is 0 Å². The second kappa shape index (κ2) is 3.22. The van der Waals surface area contributed by atoms with Gasteiger partial charge in [0.1, 0.15) is 5.69 Å². The zero-order chi connectivity index (χ0) is 9.26. The molecule has 0 saturated carbocycles. The van der Waals surface area contributed by atoms with Crippen molar-refractivity contribution in [1.29, 1.82) is 0 Å². The van der Waals surface area contributed by atoms with Crippen molar-refractivity contribution in [2.24, 2.45) is 0 Å². The summed E-state index contributed by atoms with van der Waals surface area (Å²) in [6, 6.07) is 5.42. The molecule has 2 aromatic heterocycles. The maximum atomic E-state index is 5.70. The number of anilines is 1. The zero-order valence-corrected chi connectivity index (χ0v) is 8.28. The Labute approximate surface area is 83.7 Å². The molecule has 2 heterocycles. The first-order valence-corrected chi connectivity index (χ1v) is 4.51. The number of pyridine rings is 1. The minimum absolute atomic E-state index is 0.654. The molecule has 2 aromatic rings. The lowest BCUT2D eigenvalue weighted by Gasteiger charge is -1.99. The number of nitrogens with zero attached hydrogens (tertiary/aromatic N) is 1. The fraction of sp³-hybridized carbons (Fsp3) is 0. The van der Waals surface area contributed by atoms with Crippen LogP contribution in [-0.4, -0.2) is 4.98 Å². The van der Waals surface area contributed by atoms with E-state index < -0.39 is 0 Å². The molecule has 0 aliphatic heterocycles. The summed E-state index contributed by atoms with van der Waals surface area (Å²) in [5, 5.41) is 0. The van der Waals surface area contributed by atoms with Gasteiger partial charge in [0, 0.05) is 11.9 Å². The molecule has 0 radical (unpaired) electrons. The number of halogens is 1. The highest BCUT2D eigenvalue weighted by Gasteiger charge is 2.03. The van der Waals surface area contributed by atoms with E-state index in [4.69, 9.17) is 10.2 Å². The van der Waals surface area contributed by atoms with Crippen LogP contribution in [0.1, 0.15) is 0 Å². The maximum Gasteiger partial charge on any atom is 0.152 e. The van der Waals surface area contributed by atoms with E-state index in [0.717, 1.165) is 15.9 Å². The maximum absolute atomic E-state index is 5.70. The van der Waals surface area contributed by atoms with E-state index in [1.54, 1.807) is 18.5 Å². The van der Waals surface area contributed by atoms with E-state index >= 15 is 0 Å². The van der Waals surface area contributed by atoms with Crippen LogP contribution >= 0.6 is 15.9 Å². The van der Waals surface area contributed by atoms with Crippen molar-refractivity contribution >= 4 is 21.6 Å². The van der Waals surface area contributed by atoms with E-state index in [9.17, 15) is 0 Å². The number of aromatic nitrogens is 1. The highest BCUT2D eigenvalue weighted by molar-refractivity contribution is 9.10. The average molecular weight is 239 g/mol. The molecule has 0 saturated heterocycles. The molecule has 0 fully saturated rings. The van der Waals surface area contributed by atoms with Crippen LogP contribution in [0, 0.1) is 0 Å². The summed E-state index contributed by atoms with van der Waals surface area (Å²) >= 11 is 3.27. The number of hydrogen-bond donors (Lipinski definition) is 1. The lowest BCUT2D eigenvalue weighted by molar-refractivity contribution is 0.580. The Hall–Kier alpha value is -1.29. The highest BCUT2D eigenvalue weighted by atomic mass is 79.9. The molecule has 0 aromatic carbocycles. The van der Waals surface area contributed by atoms with E-state index in [1.807, 2.05) is 12.1 Å². The van der Waals surface area contributed by atoms with Crippen LogP contribution in [0.2, 0.25) is 0 Å². The third-order valence-electron chi connectivity index (χ3n) is 1.66. The zero-order valence-electron chi connectivity index (χ0n) is 6.70. The Kier molecular flexibility index (Phi) is 2.06. The summed E-state index contributed by atoms with van der Waals surface area (Å²) in [6.07, 6.45) is 3.27. The van der Waals surface area contributed by atoms with Gasteiger partial charge >= 0.3 is 0 Å². The summed E-state index contributed by atoms with van der Waals surface area (Å²) in [4.78, 5) is 4.16.